The maximum absolute atomic E-state index is 5.58. The maximum Gasteiger partial charge on any atom is 0.0592 e. The molecule has 0 aliphatic heterocycles. The van der Waals surface area contributed by atoms with Gasteiger partial charge in [0.1, 0.15) is 0 Å². The molecule has 0 N–H and O–H groups in total. The van der Waals surface area contributed by atoms with E-state index < -0.39 is 0 Å². The van der Waals surface area contributed by atoms with Crippen LogP contribution in [0.2, 0.25) is 10.0 Å². The fraction of sp³-hybridized carbons (Fsp3) is 0.294. The van der Waals surface area contributed by atoms with Crippen LogP contribution in [0.5, 0.6) is 0 Å². The average molecular weight is 293 g/mol. The number of aryl methyl sites for hydroxylation is 3. The Morgan fingerprint density at radius 1 is 0.789 bits per heavy atom. The number of benzene rings is 2. The van der Waals surface area contributed by atoms with Gasteiger partial charge in [0.25, 0.3) is 0 Å². The summed E-state index contributed by atoms with van der Waals surface area (Å²) in [7, 11) is 0. The quantitative estimate of drug-likeness (QED) is 0.570. The predicted octanol–water partition coefficient (Wildman–Crippen LogP) is 5.87. The molecule has 2 aromatic carbocycles. The molecule has 0 saturated heterocycles. The smallest absolute Gasteiger partial charge is 0.0592 e. The second-order valence-corrected chi connectivity index (χ2v) is 5.71. The SMILES string of the molecule is Cc1ccc2c(c1)CCCC2.Clc1ccccc1Cl. The Labute approximate surface area is 125 Å². The standard InChI is InChI=1S/C11H14.C6H4Cl2/c1-9-6-7-10-4-2-3-5-11(10)8-9;7-5-3-1-2-4-6(5)8/h6-8H,2-5H2,1H3;1-4H. The highest BCUT2D eigenvalue weighted by Gasteiger charge is 2.07. The van der Waals surface area contributed by atoms with Gasteiger partial charge in [0.05, 0.1) is 10.0 Å². The lowest BCUT2D eigenvalue weighted by Crippen LogP contribution is -2.01. The van der Waals surface area contributed by atoms with Crippen LogP contribution in [0.4, 0.5) is 0 Å². The van der Waals surface area contributed by atoms with Gasteiger partial charge >= 0.3 is 0 Å². The Balaban J connectivity index is 0.000000148. The van der Waals surface area contributed by atoms with Gasteiger partial charge < -0.3 is 0 Å². The molecule has 0 aromatic heterocycles. The molecule has 0 amide bonds. The normalized spacial score (nSPS) is 13.2. The fourth-order valence-electron chi connectivity index (χ4n) is 2.30. The lowest BCUT2D eigenvalue weighted by atomic mass is 9.91. The van der Waals surface area contributed by atoms with E-state index in [-0.39, 0.29) is 0 Å². The Hall–Kier alpha value is -0.980. The van der Waals surface area contributed by atoms with Crippen LogP contribution < -0.4 is 0 Å². The van der Waals surface area contributed by atoms with E-state index in [1.54, 1.807) is 23.3 Å². The first kappa shape index (κ1) is 14.4. The van der Waals surface area contributed by atoms with Crippen LogP contribution in [0, 0.1) is 6.92 Å². The summed E-state index contributed by atoms with van der Waals surface area (Å²) in [5.74, 6) is 0. The zero-order valence-electron chi connectivity index (χ0n) is 11.1. The molecule has 0 saturated carbocycles. The molecule has 0 fully saturated rings. The van der Waals surface area contributed by atoms with Crippen LogP contribution in [0.1, 0.15) is 29.5 Å². The second kappa shape index (κ2) is 6.98. The Morgan fingerprint density at radius 2 is 1.37 bits per heavy atom. The summed E-state index contributed by atoms with van der Waals surface area (Å²) in [4.78, 5) is 0. The van der Waals surface area contributed by atoms with E-state index in [2.05, 4.69) is 25.1 Å². The van der Waals surface area contributed by atoms with Crippen LogP contribution in [0.3, 0.4) is 0 Å². The van der Waals surface area contributed by atoms with Crippen molar-refractivity contribution in [3.8, 4) is 0 Å². The molecule has 0 spiro atoms. The molecule has 3 rings (SSSR count). The highest BCUT2D eigenvalue weighted by atomic mass is 35.5. The molecule has 1 aliphatic rings. The highest BCUT2D eigenvalue weighted by molar-refractivity contribution is 6.41. The van der Waals surface area contributed by atoms with Crippen LogP contribution in [0.25, 0.3) is 0 Å². The molecule has 19 heavy (non-hydrogen) atoms. The minimum Gasteiger partial charge on any atom is -0.0827 e. The molecule has 0 nitrogen and oxygen atoms in total. The molecular formula is C17H18Cl2. The molecule has 0 bridgehead atoms. The number of hydrogen-bond acceptors (Lipinski definition) is 0. The molecule has 100 valence electrons. The number of fused-ring (bicyclic) bond motifs is 1. The van der Waals surface area contributed by atoms with E-state index in [4.69, 9.17) is 23.2 Å². The largest absolute Gasteiger partial charge is 0.0827 e. The van der Waals surface area contributed by atoms with Crippen molar-refractivity contribution in [3.63, 3.8) is 0 Å². The van der Waals surface area contributed by atoms with Gasteiger partial charge in [-0.25, -0.2) is 0 Å². The third kappa shape index (κ3) is 4.26. The molecule has 0 atom stereocenters. The predicted molar refractivity (Wildman–Crippen MR) is 84.3 cm³/mol. The van der Waals surface area contributed by atoms with Gasteiger partial charge in [0, 0.05) is 0 Å². The van der Waals surface area contributed by atoms with E-state index in [9.17, 15) is 0 Å². The summed E-state index contributed by atoms with van der Waals surface area (Å²) in [5.41, 5.74) is 4.59. The highest BCUT2D eigenvalue weighted by Crippen LogP contribution is 2.21. The van der Waals surface area contributed by atoms with E-state index >= 15 is 0 Å². The summed E-state index contributed by atoms with van der Waals surface area (Å²) >= 11 is 11.2. The van der Waals surface area contributed by atoms with Gasteiger partial charge in [-0.15, -0.1) is 0 Å². The van der Waals surface area contributed by atoms with Gasteiger partial charge in [0.15, 0.2) is 0 Å². The van der Waals surface area contributed by atoms with E-state index in [1.165, 1.54) is 31.2 Å². The summed E-state index contributed by atoms with van der Waals surface area (Å²) in [6.45, 7) is 2.18. The monoisotopic (exact) mass is 292 g/mol. The average Bonchev–Trinajstić information content (AvgIpc) is 2.43. The first-order chi connectivity index (χ1) is 9.16. The lowest BCUT2D eigenvalue weighted by molar-refractivity contribution is 0.685. The van der Waals surface area contributed by atoms with Crippen LogP contribution in [0.15, 0.2) is 42.5 Å². The molecule has 0 heterocycles. The van der Waals surface area contributed by atoms with E-state index in [1.807, 2.05) is 12.1 Å². The van der Waals surface area contributed by atoms with Crippen molar-refractivity contribution in [1.82, 2.24) is 0 Å². The Morgan fingerprint density at radius 3 is 1.95 bits per heavy atom. The zero-order chi connectivity index (χ0) is 13.7. The third-order valence-electron chi connectivity index (χ3n) is 3.33. The van der Waals surface area contributed by atoms with Crippen LogP contribution in [-0.2, 0) is 12.8 Å². The summed E-state index contributed by atoms with van der Waals surface area (Å²) in [6, 6.07) is 14.1. The Kier molecular flexibility index (Phi) is 5.30. The summed E-state index contributed by atoms with van der Waals surface area (Å²) < 4.78 is 0. The molecule has 2 heteroatoms. The van der Waals surface area contributed by atoms with Crippen molar-refractivity contribution in [2.24, 2.45) is 0 Å². The van der Waals surface area contributed by atoms with Gasteiger partial charge in [-0.3, -0.25) is 0 Å². The van der Waals surface area contributed by atoms with E-state index in [0.717, 1.165) is 0 Å². The topological polar surface area (TPSA) is 0 Å². The zero-order valence-corrected chi connectivity index (χ0v) is 12.6. The fourth-order valence-corrected chi connectivity index (χ4v) is 2.57. The van der Waals surface area contributed by atoms with Gasteiger partial charge in [-0.1, -0.05) is 59.1 Å². The second-order valence-electron chi connectivity index (χ2n) is 4.89. The summed E-state index contributed by atoms with van der Waals surface area (Å²) in [5, 5.41) is 1.21. The molecule has 0 radical (unpaired) electrons. The van der Waals surface area contributed by atoms with Crippen molar-refractivity contribution >= 4 is 23.2 Å². The Bertz CT molecular complexity index is 526. The first-order valence-corrected chi connectivity index (χ1v) is 7.41. The molecule has 0 unspecified atom stereocenters. The van der Waals surface area contributed by atoms with Crippen LogP contribution in [-0.4, -0.2) is 0 Å². The third-order valence-corrected chi connectivity index (χ3v) is 4.08. The minimum absolute atomic E-state index is 0.606. The van der Waals surface area contributed by atoms with Crippen molar-refractivity contribution in [2.75, 3.05) is 0 Å². The molecular weight excluding hydrogens is 275 g/mol. The number of rotatable bonds is 0. The van der Waals surface area contributed by atoms with Gasteiger partial charge in [0.2, 0.25) is 0 Å². The van der Waals surface area contributed by atoms with Crippen molar-refractivity contribution in [1.29, 1.82) is 0 Å². The van der Waals surface area contributed by atoms with E-state index in [0.29, 0.717) is 10.0 Å². The van der Waals surface area contributed by atoms with Crippen LogP contribution >= 0.6 is 23.2 Å². The number of halogens is 2. The molecule has 2 aromatic rings. The van der Waals surface area contributed by atoms with Crippen molar-refractivity contribution in [2.45, 2.75) is 32.6 Å². The first-order valence-electron chi connectivity index (χ1n) is 6.65. The molecule has 1 aliphatic carbocycles. The van der Waals surface area contributed by atoms with Gasteiger partial charge in [-0.05, 0) is 55.9 Å². The van der Waals surface area contributed by atoms with Gasteiger partial charge in [-0.2, -0.15) is 0 Å². The number of hydrogen-bond donors (Lipinski definition) is 0. The summed E-state index contributed by atoms with van der Waals surface area (Å²) in [6.07, 6.45) is 5.37. The van der Waals surface area contributed by atoms with Crippen molar-refractivity contribution < 1.29 is 0 Å². The maximum atomic E-state index is 5.58. The van der Waals surface area contributed by atoms with Crippen molar-refractivity contribution in [3.05, 3.63) is 69.2 Å². The minimum atomic E-state index is 0.606. The lowest BCUT2D eigenvalue weighted by Gasteiger charge is -2.15.